The minimum atomic E-state index is -1.23. The molecular formula is C13H18FNO4. The molecule has 4 fully saturated rings. The maximum absolute atomic E-state index is 14.5. The Morgan fingerprint density at radius 2 is 1.84 bits per heavy atom. The molecule has 0 spiro atoms. The van der Waals surface area contributed by atoms with Crippen LogP contribution >= 0.6 is 0 Å². The van der Waals surface area contributed by atoms with E-state index in [4.69, 9.17) is 0 Å². The molecule has 5 atom stereocenters. The predicted molar refractivity (Wildman–Crippen MR) is 63.5 cm³/mol. The maximum atomic E-state index is 14.5. The highest BCUT2D eigenvalue weighted by Gasteiger charge is 2.58. The number of hydrogen-bond acceptors (Lipinski definition) is 2. The lowest BCUT2D eigenvalue weighted by Gasteiger charge is -2.54. The van der Waals surface area contributed by atoms with Gasteiger partial charge in [-0.1, -0.05) is 12.8 Å². The van der Waals surface area contributed by atoms with Gasteiger partial charge in [0.25, 0.3) is 0 Å². The molecule has 5 nitrogen and oxygen atoms in total. The van der Waals surface area contributed by atoms with Crippen LogP contribution in [-0.4, -0.2) is 45.4 Å². The van der Waals surface area contributed by atoms with Crippen LogP contribution < -0.4 is 0 Å². The van der Waals surface area contributed by atoms with Crippen molar-refractivity contribution in [2.75, 3.05) is 0 Å². The van der Waals surface area contributed by atoms with E-state index >= 15 is 0 Å². The summed E-state index contributed by atoms with van der Waals surface area (Å²) in [5, 5.41) is 18.5. The minimum Gasteiger partial charge on any atom is -0.480 e. The van der Waals surface area contributed by atoms with Crippen LogP contribution in [0, 0.1) is 17.8 Å². The van der Waals surface area contributed by atoms with E-state index in [1.54, 1.807) is 0 Å². The van der Waals surface area contributed by atoms with Crippen molar-refractivity contribution in [1.82, 2.24) is 4.90 Å². The first kappa shape index (κ1) is 12.7. The molecule has 19 heavy (non-hydrogen) atoms. The van der Waals surface area contributed by atoms with Gasteiger partial charge in [-0.05, 0) is 25.2 Å². The molecule has 2 saturated heterocycles. The molecule has 2 aliphatic carbocycles. The first-order valence-electron chi connectivity index (χ1n) is 6.89. The second-order valence-electron chi connectivity index (χ2n) is 6.07. The fourth-order valence-corrected chi connectivity index (χ4v) is 3.94. The highest BCUT2D eigenvalue weighted by Crippen LogP contribution is 2.49. The summed E-state index contributed by atoms with van der Waals surface area (Å²) in [4.78, 5) is 23.6. The fourth-order valence-electron chi connectivity index (χ4n) is 3.94. The van der Waals surface area contributed by atoms with Crippen LogP contribution in [0.3, 0.4) is 0 Å². The van der Waals surface area contributed by atoms with Crippen molar-refractivity contribution < 1.29 is 24.2 Å². The molecule has 2 bridgehead atoms. The van der Waals surface area contributed by atoms with E-state index in [0.717, 1.165) is 17.7 Å². The topological polar surface area (TPSA) is 77.8 Å². The number of amides is 1. The van der Waals surface area contributed by atoms with Crippen LogP contribution in [0.1, 0.15) is 32.1 Å². The van der Waals surface area contributed by atoms with Gasteiger partial charge >= 0.3 is 12.1 Å². The van der Waals surface area contributed by atoms with Crippen molar-refractivity contribution >= 4 is 12.1 Å². The lowest BCUT2D eigenvalue weighted by atomic mass is 9.66. The molecule has 0 unspecified atom stereocenters. The largest absolute Gasteiger partial charge is 0.480 e. The van der Waals surface area contributed by atoms with E-state index in [1.165, 1.54) is 0 Å². The van der Waals surface area contributed by atoms with Gasteiger partial charge in [0.1, 0.15) is 12.2 Å². The van der Waals surface area contributed by atoms with Crippen molar-refractivity contribution in [1.29, 1.82) is 0 Å². The Balaban J connectivity index is 1.89. The summed E-state index contributed by atoms with van der Waals surface area (Å²) < 4.78 is 14.5. The third-order valence-electron chi connectivity index (χ3n) is 4.95. The Kier molecular flexibility index (Phi) is 2.91. The quantitative estimate of drug-likeness (QED) is 0.822. The third-order valence-corrected chi connectivity index (χ3v) is 4.95. The van der Waals surface area contributed by atoms with Gasteiger partial charge in [-0.15, -0.1) is 0 Å². The van der Waals surface area contributed by atoms with Gasteiger partial charge in [0.05, 0.1) is 0 Å². The standard InChI is InChI=1S/C13H18FNO4/c14-10-7-3-4-9(8(10)5-6-1-2-6)15(13(18)19)11(7)12(16)17/h6-11H,1-5H2,(H,16,17)(H,18,19)/t7-,8+,9+,10+,11+/m1/s1. The number of piperidine rings is 2. The number of fused-ring (bicyclic) bond motifs is 3. The van der Waals surface area contributed by atoms with Gasteiger partial charge in [-0.3, -0.25) is 4.90 Å². The van der Waals surface area contributed by atoms with Gasteiger partial charge in [0.2, 0.25) is 0 Å². The van der Waals surface area contributed by atoms with Crippen molar-refractivity contribution in [3.63, 3.8) is 0 Å². The molecule has 0 radical (unpaired) electrons. The monoisotopic (exact) mass is 271 g/mol. The molecule has 2 N–H and O–H groups in total. The lowest BCUT2D eigenvalue weighted by Crippen LogP contribution is -2.67. The van der Waals surface area contributed by atoms with Crippen LogP contribution in [0.5, 0.6) is 0 Å². The van der Waals surface area contributed by atoms with E-state index in [-0.39, 0.29) is 5.92 Å². The van der Waals surface area contributed by atoms with Gasteiger partial charge < -0.3 is 10.2 Å². The van der Waals surface area contributed by atoms with Gasteiger partial charge in [-0.2, -0.15) is 0 Å². The zero-order valence-corrected chi connectivity index (χ0v) is 10.5. The molecule has 6 heteroatoms. The normalized spacial score (nSPS) is 41.3. The number of carboxylic acids is 1. The summed E-state index contributed by atoms with van der Waals surface area (Å²) in [6.07, 6.45) is 1.57. The molecule has 0 aromatic carbocycles. The average Bonchev–Trinajstić information content (AvgIpc) is 3.16. The Hall–Kier alpha value is -1.33. The summed E-state index contributed by atoms with van der Waals surface area (Å²) in [6, 6.07) is -1.67. The molecule has 0 aromatic heterocycles. The number of rotatable bonds is 3. The number of carbonyl (C=O) groups is 2. The fraction of sp³-hybridized carbons (Fsp3) is 0.846. The first-order chi connectivity index (χ1) is 9.00. The predicted octanol–water partition coefficient (Wildman–Crippen LogP) is 1.97. The van der Waals surface area contributed by atoms with Gasteiger partial charge in [0, 0.05) is 17.9 Å². The minimum absolute atomic E-state index is 0.307. The molecule has 106 valence electrons. The zero-order valence-electron chi connectivity index (χ0n) is 10.5. The van der Waals surface area contributed by atoms with Crippen LogP contribution in [0.25, 0.3) is 0 Å². The van der Waals surface area contributed by atoms with E-state index in [9.17, 15) is 24.2 Å². The zero-order chi connectivity index (χ0) is 13.7. The maximum Gasteiger partial charge on any atom is 0.408 e. The van der Waals surface area contributed by atoms with E-state index in [1.807, 2.05) is 0 Å². The number of aliphatic carboxylic acids is 1. The molecule has 4 rings (SSSR count). The molecule has 2 aliphatic heterocycles. The first-order valence-corrected chi connectivity index (χ1v) is 6.89. The van der Waals surface area contributed by atoms with Crippen molar-refractivity contribution in [3.05, 3.63) is 0 Å². The van der Waals surface area contributed by atoms with Crippen molar-refractivity contribution in [2.24, 2.45) is 17.8 Å². The molecule has 1 amide bonds. The summed E-state index contributed by atoms with van der Waals surface area (Å²) in [6.45, 7) is 0. The molecule has 0 aromatic rings. The SMILES string of the molecule is O=C(O)[C@@H]1[C@@H]2CC[C@@H]([C@H](CC3CC3)[C@H]2F)N1C(=O)O. The lowest BCUT2D eigenvalue weighted by molar-refractivity contribution is -0.160. The number of halogens is 1. The second kappa shape index (κ2) is 4.35. The number of carboxylic acid groups (broad SMARTS) is 2. The van der Waals surface area contributed by atoms with Crippen LogP contribution in [0.15, 0.2) is 0 Å². The summed E-state index contributed by atoms with van der Waals surface area (Å²) in [5.74, 6) is -1.69. The summed E-state index contributed by atoms with van der Waals surface area (Å²) in [7, 11) is 0. The van der Waals surface area contributed by atoms with E-state index in [2.05, 4.69) is 0 Å². The summed E-state index contributed by atoms with van der Waals surface area (Å²) >= 11 is 0. The smallest absolute Gasteiger partial charge is 0.408 e. The number of hydrogen-bond donors (Lipinski definition) is 2. The Morgan fingerprint density at radius 3 is 2.37 bits per heavy atom. The Labute approximate surface area is 110 Å². The molecule has 4 aliphatic rings. The van der Waals surface area contributed by atoms with Crippen LogP contribution in [0.2, 0.25) is 0 Å². The molecule has 2 saturated carbocycles. The third kappa shape index (κ3) is 1.97. The molecular weight excluding hydrogens is 253 g/mol. The van der Waals surface area contributed by atoms with Crippen LogP contribution in [-0.2, 0) is 4.79 Å². The van der Waals surface area contributed by atoms with E-state index < -0.39 is 36.2 Å². The van der Waals surface area contributed by atoms with Crippen molar-refractivity contribution in [3.8, 4) is 0 Å². The van der Waals surface area contributed by atoms with Gasteiger partial charge in [-0.25, -0.2) is 14.0 Å². The Morgan fingerprint density at radius 1 is 1.16 bits per heavy atom. The highest BCUT2D eigenvalue weighted by atomic mass is 19.1. The Bertz CT molecular complexity index is 411. The number of nitrogens with zero attached hydrogens (tertiary/aromatic N) is 1. The van der Waals surface area contributed by atoms with Crippen molar-refractivity contribution in [2.45, 2.75) is 50.4 Å². The van der Waals surface area contributed by atoms with Crippen LogP contribution in [0.4, 0.5) is 9.18 Å². The average molecular weight is 271 g/mol. The number of alkyl halides is 1. The summed E-state index contributed by atoms with van der Waals surface area (Å²) in [5.41, 5.74) is 0. The van der Waals surface area contributed by atoms with E-state index in [0.29, 0.717) is 25.2 Å². The van der Waals surface area contributed by atoms with Gasteiger partial charge in [0.15, 0.2) is 0 Å². The highest BCUT2D eigenvalue weighted by molar-refractivity contribution is 5.80. The second-order valence-corrected chi connectivity index (χ2v) is 6.07. The molecule has 2 heterocycles.